The first kappa shape index (κ1) is 18.5. The van der Waals surface area contributed by atoms with E-state index in [-0.39, 0.29) is 5.91 Å². The summed E-state index contributed by atoms with van der Waals surface area (Å²) in [5.74, 6) is 0.0691. The highest BCUT2D eigenvalue weighted by atomic mass is 16.2. The standard InChI is InChI=1S/C24H27N3O/c1-17-23(18(2)27(25-17)22-11-5-4-6-12-22)16-26(3)24(28)21-14-13-19-9-7-8-10-20(19)15-21/h4-6,11-15H,7-10,16H2,1-3H3. The van der Waals surface area contributed by atoms with Crippen LogP contribution in [-0.4, -0.2) is 27.6 Å². The van der Waals surface area contributed by atoms with E-state index >= 15 is 0 Å². The Labute approximate surface area is 166 Å². The summed E-state index contributed by atoms with van der Waals surface area (Å²) in [7, 11) is 1.88. The Kier molecular flexibility index (Phi) is 5.03. The van der Waals surface area contributed by atoms with Gasteiger partial charge in [0.1, 0.15) is 0 Å². The zero-order valence-electron chi connectivity index (χ0n) is 16.9. The second-order valence-corrected chi connectivity index (χ2v) is 7.75. The van der Waals surface area contributed by atoms with Gasteiger partial charge in [0.15, 0.2) is 0 Å². The Morgan fingerprint density at radius 3 is 2.50 bits per heavy atom. The quantitative estimate of drug-likeness (QED) is 0.668. The van der Waals surface area contributed by atoms with Gasteiger partial charge in [0.25, 0.3) is 5.91 Å². The van der Waals surface area contributed by atoms with Gasteiger partial charge in [-0.05, 0) is 74.9 Å². The lowest BCUT2D eigenvalue weighted by molar-refractivity contribution is 0.0784. The molecule has 0 radical (unpaired) electrons. The molecule has 0 saturated heterocycles. The van der Waals surface area contributed by atoms with Crippen LogP contribution in [0.15, 0.2) is 48.5 Å². The van der Waals surface area contributed by atoms with Gasteiger partial charge < -0.3 is 4.90 Å². The van der Waals surface area contributed by atoms with Crippen LogP contribution < -0.4 is 0 Å². The number of nitrogens with zero attached hydrogens (tertiary/aromatic N) is 3. The molecule has 4 heteroatoms. The molecule has 0 aliphatic heterocycles. The van der Waals surface area contributed by atoms with Crippen LogP contribution in [0.25, 0.3) is 5.69 Å². The van der Waals surface area contributed by atoms with Gasteiger partial charge in [0, 0.05) is 30.4 Å². The Hall–Kier alpha value is -2.88. The largest absolute Gasteiger partial charge is 0.337 e. The van der Waals surface area contributed by atoms with E-state index in [1.54, 1.807) is 4.90 Å². The van der Waals surface area contributed by atoms with Gasteiger partial charge in [-0.15, -0.1) is 0 Å². The predicted molar refractivity (Wildman–Crippen MR) is 112 cm³/mol. The summed E-state index contributed by atoms with van der Waals surface area (Å²) in [6.45, 7) is 4.64. The van der Waals surface area contributed by atoms with Gasteiger partial charge in [-0.25, -0.2) is 4.68 Å². The fourth-order valence-electron chi connectivity index (χ4n) is 4.12. The SMILES string of the molecule is Cc1nn(-c2ccccc2)c(C)c1CN(C)C(=O)c1ccc2c(c1)CCCC2. The molecule has 0 unspecified atom stereocenters. The number of hydrogen-bond acceptors (Lipinski definition) is 2. The molecule has 0 fully saturated rings. The molecule has 1 aromatic heterocycles. The lowest BCUT2D eigenvalue weighted by Gasteiger charge is -2.20. The predicted octanol–water partition coefficient (Wildman–Crippen LogP) is 4.64. The van der Waals surface area contributed by atoms with Crippen LogP contribution >= 0.6 is 0 Å². The molecule has 1 aliphatic carbocycles. The van der Waals surface area contributed by atoms with E-state index in [1.807, 2.05) is 55.1 Å². The van der Waals surface area contributed by atoms with Crippen molar-refractivity contribution in [1.29, 1.82) is 0 Å². The van der Waals surface area contributed by atoms with Crippen molar-refractivity contribution in [2.24, 2.45) is 0 Å². The molecule has 1 amide bonds. The van der Waals surface area contributed by atoms with Crippen molar-refractivity contribution < 1.29 is 4.79 Å². The van der Waals surface area contributed by atoms with Crippen LogP contribution in [0.3, 0.4) is 0 Å². The number of hydrogen-bond donors (Lipinski definition) is 0. The Morgan fingerprint density at radius 1 is 1.04 bits per heavy atom. The molecule has 0 spiro atoms. The number of benzene rings is 2. The molecule has 0 saturated carbocycles. The fraction of sp³-hybridized carbons (Fsp3) is 0.333. The summed E-state index contributed by atoms with van der Waals surface area (Å²) in [6.07, 6.45) is 4.70. The molecule has 4 nitrogen and oxygen atoms in total. The second-order valence-electron chi connectivity index (χ2n) is 7.75. The first-order valence-corrected chi connectivity index (χ1v) is 10.0. The van der Waals surface area contributed by atoms with E-state index in [0.717, 1.165) is 41.0 Å². The van der Waals surface area contributed by atoms with Gasteiger partial charge in [-0.2, -0.15) is 5.10 Å². The minimum atomic E-state index is 0.0691. The highest BCUT2D eigenvalue weighted by Gasteiger charge is 2.19. The van der Waals surface area contributed by atoms with Crippen molar-refractivity contribution in [3.05, 3.63) is 82.2 Å². The fourth-order valence-corrected chi connectivity index (χ4v) is 4.12. The summed E-state index contributed by atoms with van der Waals surface area (Å²) in [5, 5.41) is 4.70. The van der Waals surface area contributed by atoms with E-state index in [2.05, 4.69) is 19.1 Å². The molecule has 0 atom stereocenters. The van der Waals surface area contributed by atoms with Gasteiger partial charge in [-0.1, -0.05) is 24.3 Å². The molecular formula is C24H27N3O. The molecule has 0 bridgehead atoms. The summed E-state index contributed by atoms with van der Waals surface area (Å²) in [5.41, 5.74) is 7.72. The maximum atomic E-state index is 13.0. The first-order chi connectivity index (χ1) is 13.5. The molecule has 1 heterocycles. The lowest BCUT2D eigenvalue weighted by atomic mass is 9.90. The summed E-state index contributed by atoms with van der Waals surface area (Å²) in [4.78, 5) is 14.8. The number of fused-ring (bicyclic) bond motifs is 1. The number of carbonyl (C=O) groups excluding carboxylic acids is 1. The Balaban J connectivity index is 1.56. The summed E-state index contributed by atoms with van der Waals surface area (Å²) < 4.78 is 1.96. The minimum absolute atomic E-state index is 0.0691. The van der Waals surface area contributed by atoms with Crippen LogP contribution in [-0.2, 0) is 19.4 Å². The third kappa shape index (κ3) is 3.47. The van der Waals surface area contributed by atoms with Crippen LogP contribution in [0.5, 0.6) is 0 Å². The van der Waals surface area contributed by atoms with Crippen LogP contribution in [0.2, 0.25) is 0 Å². The van der Waals surface area contributed by atoms with E-state index in [4.69, 9.17) is 5.10 Å². The summed E-state index contributed by atoms with van der Waals surface area (Å²) in [6, 6.07) is 16.3. The van der Waals surface area contributed by atoms with Crippen molar-refractivity contribution in [2.75, 3.05) is 7.05 Å². The van der Waals surface area contributed by atoms with Crippen LogP contribution in [0, 0.1) is 13.8 Å². The molecule has 4 rings (SSSR count). The number of aryl methyl sites for hydroxylation is 3. The van der Waals surface area contributed by atoms with Crippen molar-refractivity contribution in [3.8, 4) is 5.69 Å². The van der Waals surface area contributed by atoms with Crippen molar-refractivity contribution in [1.82, 2.24) is 14.7 Å². The van der Waals surface area contributed by atoms with Crippen molar-refractivity contribution in [3.63, 3.8) is 0 Å². The van der Waals surface area contributed by atoms with E-state index in [1.165, 1.54) is 24.0 Å². The number of amides is 1. The normalized spacial score (nSPS) is 13.2. The molecule has 0 N–H and O–H groups in total. The lowest BCUT2D eigenvalue weighted by Crippen LogP contribution is -2.27. The maximum Gasteiger partial charge on any atom is 0.253 e. The van der Waals surface area contributed by atoms with Crippen molar-refractivity contribution >= 4 is 5.91 Å². The van der Waals surface area contributed by atoms with Crippen molar-refractivity contribution in [2.45, 2.75) is 46.1 Å². The van der Waals surface area contributed by atoms with E-state index < -0.39 is 0 Å². The molecule has 1 aliphatic rings. The minimum Gasteiger partial charge on any atom is -0.337 e. The number of rotatable bonds is 4. The van der Waals surface area contributed by atoms with Crippen LogP contribution in [0.4, 0.5) is 0 Å². The third-order valence-electron chi connectivity index (χ3n) is 5.78. The van der Waals surface area contributed by atoms with Crippen LogP contribution in [0.1, 0.15) is 51.3 Å². The molecular weight excluding hydrogens is 346 g/mol. The smallest absolute Gasteiger partial charge is 0.253 e. The number of para-hydroxylation sites is 1. The zero-order chi connectivity index (χ0) is 19.7. The average molecular weight is 374 g/mol. The van der Waals surface area contributed by atoms with E-state index in [9.17, 15) is 4.79 Å². The number of carbonyl (C=O) groups is 1. The average Bonchev–Trinajstić information content (AvgIpc) is 3.01. The summed E-state index contributed by atoms with van der Waals surface area (Å²) >= 11 is 0. The second kappa shape index (κ2) is 7.63. The maximum absolute atomic E-state index is 13.0. The first-order valence-electron chi connectivity index (χ1n) is 10.0. The Bertz CT molecular complexity index is 1000. The third-order valence-corrected chi connectivity index (χ3v) is 5.78. The number of aromatic nitrogens is 2. The molecule has 144 valence electrons. The monoisotopic (exact) mass is 373 g/mol. The highest BCUT2D eigenvalue weighted by molar-refractivity contribution is 5.94. The Morgan fingerprint density at radius 2 is 1.75 bits per heavy atom. The zero-order valence-corrected chi connectivity index (χ0v) is 16.9. The molecule has 28 heavy (non-hydrogen) atoms. The van der Waals surface area contributed by atoms with Gasteiger partial charge in [0.2, 0.25) is 0 Å². The highest BCUT2D eigenvalue weighted by Crippen LogP contribution is 2.24. The molecule has 2 aromatic carbocycles. The topological polar surface area (TPSA) is 38.1 Å². The van der Waals surface area contributed by atoms with Gasteiger partial charge in [0.05, 0.1) is 11.4 Å². The van der Waals surface area contributed by atoms with E-state index in [0.29, 0.717) is 6.54 Å². The molecule has 3 aromatic rings. The van der Waals surface area contributed by atoms with Gasteiger partial charge >= 0.3 is 0 Å². The van der Waals surface area contributed by atoms with Gasteiger partial charge in [-0.3, -0.25) is 4.79 Å².